The molecule has 0 heterocycles. The van der Waals surface area contributed by atoms with Crippen LogP contribution < -0.4 is 0 Å². The Kier molecular flexibility index (Phi) is 2.92. The maximum Gasteiger partial charge on any atom is 0.168 e. The third-order valence-corrected chi connectivity index (χ3v) is 2.48. The highest BCUT2D eigenvalue weighted by atomic mass is 32.2. The SMILES string of the molecule is CC(C)(O)c1cc(F)cc([SH](=O)=O)c1. The van der Waals surface area contributed by atoms with E-state index in [0.29, 0.717) is 0 Å². The van der Waals surface area contributed by atoms with Gasteiger partial charge in [0.15, 0.2) is 10.7 Å². The maximum absolute atomic E-state index is 12.9. The molecule has 0 aliphatic heterocycles. The first-order chi connectivity index (χ1) is 6.30. The summed E-state index contributed by atoms with van der Waals surface area (Å²) in [4.78, 5) is -0.128. The fourth-order valence-electron chi connectivity index (χ4n) is 1.03. The Morgan fingerprint density at radius 3 is 2.29 bits per heavy atom. The van der Waals surface area contributed by atoms with Gasteiger partial charge in [-0.2, -0.15) is 0 Å². The molecule has 0 amide bonds. The van der Waals surface area contributed by atoms with Crippen LogP contribution in [0.25, 0.3) is 0 Å². The molecule has 1 aromatic rings. The van der Waals surface area contributed by atoms with E-state index in [2.05, 4.69) is 0 Å². The number of rotatable bonds is 2. The second-order valence-electron chi connectivity index (χ2n) is 3.51. The molecule has 3 nitrogen and oxygen atoms in total. The van der Waals surface area contributed by atoms with Gasteiger partial charge in [-0.15, -0.1) is 0 Å². The zero-order valence-corrected chi connectivity index (χ0v) is 8.72. The molecular formula is C9H11FO3S. The van der Waals surface area contributed by atoms with Crippen molar-refractivity contribution >= 4 is 10.7 Å². The highest BCUT2D eigenvalue weighted by molar-refractivity contribution is 7.72. The van der Waals surface area contributed by atoms with Crippen LogP contribution in [0.3, 0.4) is 0 Å². The van der Waals surface area contributed by atoms with E-state index in [1.165, 1.54) is 19.9 Å². The van der Waals surface area contributed by atoms with E-state index in [1.54, 1.807) is 0 Å². The van der Waals surface area contributed by atoms with Gasteiger partial charge in [-0.05, 0) is 37.6 Å². The van der Waals surface area contributed by atoms with E-state index in [-0.39, 0.29) is 10.5 Å². The zero-order chi connectivity index (χ0) is 10.9. The number of aliphatic hydroxyl groups is 1. The average Bonchev–Trinajstić information content (AvgIpc) is 2.01. The Morgan fingerprint density at radius 1 is 1.29 bits per heavy atom. The van der Waals surface area contributed by atoms with Gasteiger partial charge in [-0.25, -0.2) is 12.8 Å². The lowest BCUT2D eigenvalue weighted by molar-refractivity contribution is 0.0780. The summed E-state index contributed by atoms with van der Waals surface area (Å²) in [5.41, 5.74) is -1.01. The van der Waals surface area contributed by atoms with E-state index < -0.39 is 22.1 Å². The predicted octanol–water partition coefficient (Wildman–Crippen LogP) is 1.02. The fraction of sp³-hybridized carbons (Fsp3) is 0.333. The molecule has 0 atom stereocenters. The van der Waals surface area contributed by atoms with Crippen molar-refractivity contribution < 1.29 is 17.9 Å². The molecule has 0 fully saturated rings. The van der Waals surface area contributed by atoms with E-state index in [4.69, 9.17) is 0 Å². The topological polar surface area (TPSA) is 54.4 Å². The van der Waals surface area contributed by atoms with Crippen molar-refractivity contribution in [2.45, 2.75) is 24.3 Å². The quantitative estimate of drug-likeness (QED) is 0.729. The Bertz CT molecular complexity index is 411. The Hall–Kier alpha value is -0.940. The highest BCUT2D eigenvalue weighted by Gasteiger charge is 2.17. The van der Waals surface area contributed by atoms with Crippen molar-refractivity contribution in [1.29, 1.82) is 0 Å². The molecule has 0 saturated carbocycles. The van der Waals surface area contributed by atoms with Gasteiger partial charge in [0.1, 0.15) is 5.82 Å². The maximum atomic E-state index is 12.9. The summed E-state index contributed by atoms with van der Waals surface area (Å²) >= 11 is 0. The molecule has 5 heteroatoms. The molecule has 0 unspecified atom stereocenters. The molecule has 0 aromatic heterocycles. The molecular weight excluding hydrogens is 207 g/mol. The summed E-state index contributed by atoms with van der Waals surface area (Å²) in [6, 6.07) is 3.29. The van der Waals surface area contributed by atoms with Gasteiger partial charge in [0.2, 0.25) is 0 Å². The minimum Gasteiger partial charge on any atom is -0.386 e. The molecule has 0 bridgehead atoms. The molecule has 0 spiro atoms. The second-order valence-corrected chi connectivity index (χ2v) is 4.54. The van der Waals surface area contributed by atoms with Crippen LogP contribution in [0, 0.1) is 5.82 Å². The molecule has 14 heavy (non-hydrogen) atoms. The molecule has 1 rings (SSSR count). The van der Waals surface area contributed by atoms with Crippen molar-refractivity contribution in [3.8, 4) is 0 Å². The standard InChI is InChI=1S/C9H11FO3S/c1-9(2,11)6-3-7(10)5-8(4-6)14(12)13/h3-5,11,14H,1-2H3. The summed E-state index contributed by atoms with van der Waals surface area (Å²) in [6.45, 7) is 2.92. The van der Waals surface area contributed by atoms with Crippen LogP contribution in [-0.4, -0.2) is 13.5 Å². The van der Waals surface area contributed by atoms with Crippen LogP contribution >= 0.6 is 0 Å². The van der Waals surface area contributed by atoms with Crippen LogP contribution in [0.4, 0.5) is 4.39 Å². The minimum atomic E-state index is -2.83. The van der Waals surface area contributed by atoms with Gasteiger partial charge in [0.25, 0.3) is 0 Å². The number of halogens is 1. The van der Waals surface area contributed by atoms with Crippen LogP contribution in [-0.2, 0) is 16.3 Å². The first kappa shape index (κ1) is 11.1. The second kappa shape index (κ2) is 3.67. The van der Waals surface area contributed by atoms with Crippen molar-refractivity contribution in [2.75, 3.05) is 0 Å². The average molecular weight is 218 g/mol. The summed E-state index contributed by atoms with van der Waals surface area (Å²) in [5.74, 6) is -0.668. The van der Waals surface area contributed by atoms with Gasteiger partial charge in [-0.1, -0.05) is 0 Å². The van der Waals surface area contributed by atoms with Crippen molar-refractivity contribution in [2.24, 2.45) is 0 Å². The molecule has 0 saturated heterocycles. The number of thiol groups is 1. The smallest absolute Gasteiger partial charge is 0.168 e. The number of hydrogen-bond acceptors (Lipinski definition) is 3. The molecule has 78 valence electrons. The van der Waals surface area contributed by atoms with Crippen LogP contribution in [0.1, 0.15) is 19.4 Å². The first-order valence-electron chi connectivity index (χ1n) is 3.98. The monoisotopic (exact) mass is 218 g/mol. The predicted molar refractivity (Wildman–Crippen MR) is 50.2 cm³/mol. The normalized spacial score (nSPS) is 12.1. The Balaban J connectivity index is 3.35. The van der Waals surface area contributed by atoms with Gasteiger partial charge in [0.05, 0.1) is 10.5 Å². The van der Waals surface area contributed by atoms with Crippen LogP contribution in [0.5, 0.6) is 0 Å². The summed E-state index contributed by atoms with van der Waals surface area (Å²) < 4.78 is 34.2. The van der Waals surface area contributed by atoms with Gasteiger partial charge < -0.3 is 5.11 Å². The third kappa shape index (κ3) is 2.52. The molecule has 1 N–H and O–H groups in total. The van der Waals surface area contributed by atoms with E-state index in [9.17, 15) is 17.9 Å². The van der Waals surface area contributed by atoms with E-state index in [0.717, 1.165) is 12.1 Å². The van der Waals surface area contributed by atoms with Gasteiger partial charge >= 0.3 is 0 Å². The summed E-state index contributed by atoms with van der Waals surface area (Å²) in [6.07, 6.45) is 0. The highest BCUT2D eigenvalue weighted by Crippen LogP contribution is 2.22. The molecule has 1 aromatic carbocycles. The zero-order valence-electron chi connectivity index (χ0n) is 7.82. The van der Waals surface area contributed by atoms with Crippen molar-refractivity contribution in [3.63, 3.8) is 0 Å². The number of hydrogen-bond donors (Lipinski definition) is 2. The summed E-state index contributed by atoms with van der Waals surface area (Å²) in [5, 5.41) is 9.56. The van der Waals surface area contributed by atoms with Crippen molar-refractivity contribution in [1.82, 2.24) is 0 Å². The third-order valence-electron chi connectivity index (χ3n) is 1.80. The Morgan fingerprint density at radius 2 is 1.86 bits per heavy atom. The first-order valence-corrected chi connectivity index (χ1v) is 5.16. The van der Waals surface area contributed by atoms with Crippen LogP contribution in [0.15, 0.2) is 23.1 Å². The molecule has 0 aliphatic rings. The van der Waals surface area contributed by atoms with Crippen molar-refractivity contribution in [3.05, 3.63) is 29.6 Å². The van der Waals surface area contributed by atoms with Gasteiger partial charge in [-0.3, -0.25) is 0 Å². The minimum absolute atomic E-state index is 0.128. The summed E-state index contributed by atoms with van der Waals surface area (Å²) in [7, 11) is -2.83. The lowest BCUT2D eigenvalue weighted by Crippen LogP contribution is -2.15. The fourth-order valence-corrected chi connectivity index (χ4v) is 1.51. The van der Waals surface area contributed by atoms with E-state index in [1.807, 2.05) is 0 Å². The van der Waals surface area contributed by atoms with E-state index >= 15 is 0 Å². The van der Waals surface area contributed by atoms with Gasteiger partial charge in [0, 0.05) is 0 Å². The largest absolute Gasteiger partial charge is 0.386 e. The Labute approximate surface area is 83.1 Å². The van der Waals surface area contributed by atoms with Crippen LogP contribution in [0.2, 0.25) is 0 Å². The molecule has 0 radical (unpaired) electrons. The number of benzene rings is 1. The lowest BCUT2D eigenvalue weighted by Gasteiger charge is -2.17. The molecule has 0 aliphatic carbocycles. The lowest BCUT2D eigenvalue weighted by atomic mass is 9.99.